The average molecular weight is 425 g/mol. The van der Waals surface area contributed by atoms with E-state index in [2.05, 4.69) is 0 Å². The van der Waals surface area contributed by atoms with Crippen molar-refractivity contribution in [3.8, 4) is 0 Å². The van der Waals surface area contributed by atoms with Crippen LogP contribution in [0.4, 0.5) is 18.9 Å². The Balaban J connectivity index is 1.58. The molecule has 8 heteroatoms. The summed E-state index contributed by atoms with van der Waals surface area (Å²) in [7, 11) is 0. The minimum atomic E-state index is -4.37. The summed E-state index contributed by atoms with van der Waals surface area (Å²) in [5.74, 6) is -0.0929. The fraction of sp³-hybridized carbons (Fsp3) is 0.636. The van der Waals surface area contributed by atoms with E-state index in [4.69, 9.17) is 0 Å². The molecule has 1 atom stereocenters. The molecule has 2 heterocycles. The third-order valence-electron chi connectivity index (χ3n) is 5.83. The van der Waals surface area contributed by atoms with Gasteiger partial charge in [-0.1, -0.05) is 26.8 Å². The highest BCUT2D eigenvalue weighted by atomic mass is 19.4. The van der Waals surface area contributed by atoms with Gasteiger partial charge in [-0.2, -0.15) is 13.2 Å². The lowest BCUT2D eigenvalue weighted by Gasteiger charge is -2.40. The molecule has 2 saturated heterocycles. The van der Waals surface area contributed by atoms with Crippen molar-refractivity contribution in [2.24, 2.45) is 11.3 Å². The van der Waals surface area contributed by atoms with Gasteiger partial charge in [0.25, 0.3) is 0 Å². The van der Waals surface area contributed by atoms with Crippen molar-refractivity contribution in [1.82, 2.24) is 9.80 Å². The molecular weight excluding hydrogens is 395 g/mol. The summed E-state index contributed by atoms with van der Waals surface area (Å²) in [5, 5.41) is 0. The van der Waals surface area contributed by atoms with Crippen LogP contribution in [0.25, 0.3) is 0 Å². The number of carbonyl (C=O) groups excluding carboxylic acids is 2. The predicted molar refractivity (Wildman–Crippen MR) is 109 cm³/mol. The Morgan fingerprint density at radius 3 is 2.23 bits per heavy atom. The topological polar surface area (TPSA) is 43.9 Å². The molecule has 30 heavy (non-hydrogen) atoms. The molecule has 0 aliphatic carbocycles. The largest absolute Gasteiger partial charge is 0.416 e. The first-order valence-corrected chi connectivity index (χ1v) is 10.5. The number of alkyl halides is 3. The lowest BCUT2D eigenvalue weighted by molar-refractivity contribution is -0.145. The third-order valence-corrected chi connectivity index (χ3v) is 5.83. The molecule has 3 rings (SSSR count). The molecule has 2 amide bonds. The number of likely N-dealkylation sites (tertiary alicyclic amines) is 1. The fourth-order valence-corrected chi connectivity index (χ4v) is 4.16. The molecule has 5 nitrogen and oxygen atoms in total. The molecule has 166 valence electrons. The molecule has 0 aromatic heterocycles. The van der Waals surface area contributed by atoms with Crippen LogP contribution < -0.4 is 4.90 Å². The van der Waals surface area contributed by atoms with Crippen LogP contribution in [-0.2, 0) is 15.8 Å². The molecule has 0 saturated carbocycles. The van der Waals surface area contributed by atoms with Gasteiger partial charge in [0.1, 0.15) is 0 Å². The number of halogens is 3. The standard InChI is InChI=1S/C22H30F3N3O2/c1-21(2,3)20(30)28-9-5-6-16(15-28)19(29)27-12-10-26(11-13-27)18-8-4-7-17(14-18)22(23,24)25/h4,7-8,14,16H,5-6,9-13,15H2,1-3H3/t16-/m0/s1. The fourth-order valence-electron chi connectivity index (χ4n) is 4.16. The van der Waals surface area contributed by atoms with Crippen LogP contribution >= 0.6 is 0 Å². The number of nitrogens with zero attached hydrogens (tertiary/aromatic N) is 3. The second-order valence-corrected chi connectivity index (χ2v) is 9.20. The van der Waals surface area contributed by atoms with E-state index in [1.807, 2.05) is 25.7 Å². The quantitative estimate of drug-likeness (QED) is 0.727. The maximum Gasteiger partial charge on any atom is 0.416 e. The summed E-state index contributed by atoms with van der Waals surface area (Å²) >= 11 is 0. The third kappa shape index (κ3) is 5.08. The van der Waals surface area contributed by atoms with E-state index in [0.717, 1.165) is 25.0 Å². The number of hydrogen-bond donors (Lipinski definition) is 0. The van der Waals surface area contributed by atoms with Gasteiger partial charge in [0.15, 0.2) is 0 Å². The zero-order valence-corrected chi connectivity index (χ0v) is 17.8. The van der Waals surface area contributed by atoms with Gasteiger partial charge in [0.2, 0.25) is 11.8 Å². The smallest absolute Gasteiger partial charge is 0.368 e. The van der Waals surface area contributed by atoms with Crippen molar-refractivity contribution >= 4 is 17.5 Å². The average Bonchev–Trinajstić information content (AvgIpc) is 2.71. The summed E-state index contributed by atoms with van der Waals surface area (Å²) < 4.78 is 38.9. The number of rotatable bonds is 2. The molecule has 0 spiro atoms. The Kier molecular flexibility index (Phi) is 6.34. The van der Waals surface area contributed by atoms with Gasteiger partial charge in [-0.25, -0.2) is 0 Å². The van der Waals surface area contributed by atoms with Crippen LogP contribution in [0, 0.1) is 11.3 Å². The molecule has 0 radical (unpaired) electrons. The number of piperidine rings is 1. The van der Waals surface area contributed by atoms with Crippen LogP contribution in [0.3, 0.4) is 0 Å². The van der Waals surface area contributed by atoms with E-state index >= 15 is 0 Å². The number of hydrogen-bond acceptors (Lipinski definition) is 3. The minimum Gasteiger partial charge on any atom is -0.368 e. The van der Waals surface area contributed by atoms with Gasteiger partial charge in [-0.3, -0.25) is 9.59 Å². The molecule has 0 N–H and O–H groups in total. The van der Waals surface area contributed by atoms with E-state index in [9.17, 15) is 22.8 Å². The van der Waals surface area contributed by atoms with Crippen LogP contribution in [0.1, 0.15) is 39.2 Å². The van der Waals surface area contributed by atoms with Crippen molar-refractivity contribution < 1.29 is 22.8 Å². The number of carbonyl (C=O) groups is 2. The zero-order chi connectivity index (χ0) is 22.1. The molecule has 2 aliphatic heterocycles. The number of benzene rings is 1. The lowest BCUT2D eigenvalue weighted by atomic mass is 9.90. The van der Waals surface area contributed by atoms with E-state index in [1.54, 1.807) is 15.9 Å². The highest BCUT2D eigenvalue weighted by molar-refractivity contribution is 5.84. The van der Waals surface area contributed by atoms with Gasteiger partial charge in [-0.05, 0) is 31.0 Å². The summed E-state index contributed by atoms with van der Waals surface area (Å²) in [6, 6.07) is 5.31. The maximum atomic E-state index is 13.0. The van der Waals surface area contributed by atoms with Gasteiger partial charge in [0.05, 0.1) is 11.5 Å². The van der Waals surface area contributed by atoms with Crippen molar-refractivity contribution in [3.63, 3.8) is 0 Å². The highest BCUT2D eigenvalue weighted by Gasteiger charge is 2.36. The van der Waals surface area contributed by atoms with E-state index in [1.165, 1.54) is 6.07 Å². The van der Waals surface area contributed by atoms with Crippen molar-refractivity contribution in [2.75, 3.05) is 44.2 Å². The normalized spacial score (nSPS) is 21.0. The Bertz CT molecular complexity index is 781. The lowest BCUT2D eigenvalue weighted by Crippen LogP contribution is -2.54. The van der Waals surface area contributed by atoms with Crippen LogP contribution in [-0.4, -0.2) is 60.9 Å². The van der Waals surface area contributed by atoms with E-state index < -0.39 is 17.2 Å². The number of amides is 2. The van der Waals surface area contributed by atoms with Gasteiger partial charge in [0, 0.05) is 50.4 Å². The summed E-state index contributed by atoms with van der Waals surface area (Å²) in [6.45, 7) is 8.70. The molecule has 1 aromatic rings. The van der Waals surface area contributed by atoms with Gasteiger partial charge in [-0.15, -0.1) is 0 Å². The Labute approximate surface area is 175 Å². The van der Waals surface area contributed by atoms with E-state index in [0.29, 0.717) is 45.0 Å². The Morgan fingerprint density at radius 2 is 1.63 bits per heavy atom. The first-order valence-electron chi connectivity index (χ1n) is 10.5. The molecule has 0 unspecified atom stereocenters. The summed E-state index contributed by atoms with van der Waals surface area (Å²) in [4.78, 5) is 31.1. The first kappa shape index (κ1) is 22.4. The number of anilines is 1. The van der Waals surface area contributed by atoms with Crippen molar-refractivity contribution in [1.29, 1.82) is 0 Å². The summed E-state index contributed by atoms with van der Waals surface area (Å²) in [5.41, 5.74) is -0.609. The Hall–Kier alpha value is -2.25. The predicted octanol–water partition coefficient (Wildman–Crippen LogP) is 3.64. The van der Waals surface area contributed by atoms with Gasteiger partial charge >= 0.3 is 6.18 Å². The first-order chi connectivity index (χ1) is 14.0. The molecule has 1 aromatic carbocycles. The van der Waals surface area contributed by atoms with Crippen LogP contribution in [0.5, 0.6) is 0 Å². The molecule has 2 aliphatic rings. The second-order valence-electron chi connectivity index (χ2n) is 9.20. The maximum absolute atomic E-state index is 13.0. The van der Waals surface area contributed by atoms with Crippen LogP contribution in [0.15, 0.2) is 24.3 Å². The number of piperazine rings is 1. The SMILES string of the molecule is CC(C)(C)C(=O)N1CCC[C@H](C(=O)N2CCN(c3cccc(C(F)(F)F)c3)CC2)C1. The second kappa shape index (κ2) is 8.47. The van der Waals surface area contributed by atoms with Crippen molar-refractivity contribution in [3.05, 3.63) is 29.8 Å². The highest BCUT2D eigenvalue weighted by Crippen LogP contribution is 2.32. The molecule has 2 fully saturated rings. The zero-order valence-electron chi connectivity index (χ0n) is 17.8. The minimum absolute atomic E-state index is 0.0464. The van der Waals surface area contributed by atoms with E-state index in [-0.39, 0.29) is 17.7 Å². The van der Waals surface area contributed by atoms with Gasteiger partial charge < -0.3 is 14.7 Å². The molecule has 0 bridgehead atoms. The Morgan fingerprint density at radius 1 is 0.967 bits per heavy atom. The van der Waals surface area contributed by atoms with Crippen molar-refractivity contribution in [2.45, 2.75) is 39.8 Å². The molecular formula is C22H30F3N3O2. The van der Waals surface area contributed by atoms with Crippen LogP contribution in [0.2, 0.25) is 0 Å². The summed E-state index contributed by atoms with van der Waals surface area (Å²) in [6.07, 6.45) is -2.80. The monoisotopic (exact) mass is 425 g/mol.